The highest BCUT2D eigenvalue weighted by Gasteiger charge is 2.19. The van der Waals surface area contributed by atoms with Crippen LogP contribution < -0.4 is 10.6 Å². The molecule has 6 heteroatoms. The van der Waals surface area contributed by atoms with Crippen molar-refractivity contribution in [3.63, 3.8) is 0 Å². The van der Waals surface area contributed by atoms with E-state index >= 15 is 0 Å². The van der Waals surface area contributed by atoms with Crippen molar-refractivity contribution >= 4 is 35.0 Å². The number of rotatable bonds is 8. The van der Waals surface area contributed by atoms with Crippen LogP contribution in [0.2, 0.25) is 0 Å². The molecule has 2 amide bonds. The van der Waals surface area contributed by atoms with Crippen LogP contribution in [0.15, 0.2) is 83.8 Å². The molecule has 3 rings (SSSR count). The number of anilines is 2. The lowest BCUT2D eigenvalue weighted by Crippen LogP contribution is -2.25. The Kier molecular flexibility index (Phi) is 7.63. The summed E-state index contributed by atoms with van der Waals surface area (Å²) in [6.07, 6.45) is 0.871. The second kappa shape index (κ2) is 10.6. The first-order valence-corrected chi connectivity index (χ1v) is 10.6. The summed E-state index contributed by atoms with van der Waals surface area (Å²) in [6, 6.07) is 23.0. The third-order valence-corrected chi connectivity index (χ3v) is 5.76. The van der Waals surface area contributed by atoms with E-state index in [9.17, 15) is 14.0 Å². The molecule has 0 fully saturated rings. The second-order valence-corrected chi connectivity index (χ2v) is 8.00. The molecule has 0 spiro atoms. The van der Waals surface area contributed by atoms with Gasteiger partial charge in [-0.2, -0.15) is 0 Å². The first-order valence-electron chi connectivity index (χ1n) is 9.71. The molecule has 0 aromatic heterocycles. The minimum absolute atomic E-state index is 0.104. The standard InChI is InChI=1S/C24H23FN2O2S/c1-2-22(24(29)27-21-14-7-6-13-20(21)25)30-19-12-8-11-18(16-19)26-23(28)15-17-9-4-3-5-10-17/h3-14,16,22H,2,15H2,1H3,(H,26,28)(H,27,29). The Bertz CT molecular complexity index is 1010. The van der Waals surface area contributed by atoms with Crippen molar-refractivity contribution in [2.45, 2.75) is 29.9 Å². The first kappa shape index (κ1) is 21.6. The van der Waals surface area contributed by atoms with Crippen molar-refractivity contribution in [3.8, 4) is 0 Å². The van der Waals surface area contributed by atoms with E-state index in [0.717, 1.165) is 10.5 Å². The topological polar surface area (TPSA) is 58.2 Å². The number of carbonyl (C=O) groups is 2. The minimum Gasteiger partial charge on any atom is -0.326 e. The summed E-state index contributed by atoms with van der Waals surface area (Å²) in [7, 11) is 0. The molecule has 0 saturated carbocycles. The van der Waals surface area contributed by atoms with Crippen LogP contribution in [0, 0.1) is 5.82 Å². The third-order valence-electron chi connectivity index (χ3n) is 4.40. The Morgan fingerprint density at radius 1 is 0.933 bits per heavy atom. The van der Waals surface area contributed by atoms with Gasteiger partial charge in [0.15, 0.2) is 0 Å². The highest BCUT2D eigenvalue weighted by Crippen LogP contribution is 2.29. The smallest absolute Gasteiger partial charge is 0.237 e. The van der Waals surface area contributed by atoms with E-state index < -0.39 is 5.82 Å². The van der Waals surface area contributed by atoms with E-state index in [0.29, 0.717) is 18.5 Å². The largest absolute Gasteiger partial charge is 0.326 e. The summed E-state index contributed by atoms with van der Waals surface area (Å²) < 4.78 is 13.8. The minimum atomic E-state index is -0.464. The Hall–Kier alpha value is -3.12. The van der Waals surface area contributed by atoms with E-state index in [1.165, 1.54) is 23.9 Å². The Labute approximate surface area is 179 Å². The molecule has 0 aliphatic rings. The fourth-order valence-electron chi connectivity index (χ4n) is 2.90. The number of thioether (sulfide) groups is 1. The molecule has 30 heavy (non-hydrogen) atoms. The highest BCUT2D eigenvalue weighted by atomic mass is 32.2. The maximum atomic E-state index is 13.8. The molecule has 3 aromatic rings. The lowest BCUT2D eigenvalue weighted by atomic mass is 10.1. The molecule has 0 aliphatic heterocycles. The number of halogens is 1. The fraction of sp³-hybridized carbons (Fsp3) is 0.167. The van der Waals surface area contributed by atoms with Gasteiger partial charge in [0.1, 0.15) is 5.82 Å². The van der Waals surface area contributed by atoms with E-state index in [1.807, 2.05) is 61.5 Å². The van der Waals surface area contributed by atoms with Crippen molar-refractivity contribution in [2.24, 2.45) is 0 Å². The van der Waals surface area contributed by atoms with Crippen LogP contribution in [0.3, 0.4) is 0 Å². The molecule has 0 heterocycles. The third kappa shape index (κ3) is 6.19. The van der Waals surface area contributed by atoms with Crippen LogP contribution >= 0.6 is 11.8 Å². The van der Waals surface area contributed by atoms with Gasteiger partial charge in [-0.1, -0.05) is 55.5 Å². The lowest BCUT2D eigenvalue weighted by Gasteiger charge is -2.16. The van der Waals surface area contributed by atoms with E-state index in [2.05, 4.69) is 10.6 Å². The number of benzene rings is 3. The van der Waals surface area contributed by atoms with E-state index in [-0.39, 0.29) is 22.8 Å². The van der Waals surface area contributed by atoms with Gasteiger partial charge in [-0.15, -0.1) is 11.8 Å². The number of hydrogen-bond acceptors (Lipinski definition) is 3. The zero-order valence-electron chi connectivity index (χ0n) is 16.6. The molecule has 0 radical (unpaired) electrons. The van der Waals surface area contributed by atoms with Crippen LogP contribution in [-0.2, 0) is 16.0 Å². The summed E-state index contributed by atoms with van der Waals surface area (Å²) in [4.78, 5) is 25.7. The number of amides is 2. The van der Waals surface area contributed by atoms with Crippen LogP contribution in [0.1, 0.15) is 18.9 Å². The maximum absolute atomic E-state index is 13.8. The summed E-state index contributed by atoms with van der Waals surface area (Å²) >= 11 is 1.38. The normalized spacial score (nSPS) is 11.5. The Morgan fingerprint density at radius 3 is 2.40 bits per heavy atom. The van der Waals surface area contributed by atoms with Gasteiger partial charge >= 0.3 is 0 Å². The average Bonchev–Trinajstić information content (AvgIpc) is 2.74. The van der Waals surface area contributed by atoms with Crippen LogP contribution in [0.4, 0.5) is 15.8 Å². The van der Waals surface area contributed by atoms with Gasteiger partial charge in [0.05, 0.1) is 17.4 Å². The molecular formula is C24H23FN2O2S. The molecule has 4 nitrogen and oxygen atoms in total. The predicted molar refractivity (Wildman–Crippen MR) is 120 cm³/mol. The molecule has 0 saturated heterocycles. The summed E-state index contributed by atoms with van der Waals surface area (Å²) in [5, 5.41) is 5.16. The molecular weight excluding hydrogens is 399 g/mol. The molecule has 1 atom stereocenters. The van der Waals surface area contributed by atoms with Gasteiger partial charge in [-0.05, 0) is 42.3 Å². The molecule has 2 N–H and O–H groups in total. The maximum Gasteiger partial charge on any atom is 0.237 e. The Balaban J connectivity index is 1.62. The summed E-state index contributed by atoms with van der Waals surface area (Å²) in [5.41, 5.74) is 1.78. The average molecular weight is 423 g/mol. The van der Waals surface area contributed by atoms with Crippen LogP contribution in [0.25, 0.3) is 0 Å². The van der Waals surface area contributed by atoms with Gasteiger partial charge in [0, 0.05) is 10.6 Å². The van der Waals surface area contributed by atoms with Gasteiger partial charge in [0.25, 0.3) is 0 Å². The summed E-state index contributed by atoms with van der Waals surface area (Å²) in [5.74, 6) is -0.826. The molecule has 154 valence electrons. The van der Waals surface area contributed by atoms with Gasteiger partial charge in [0.2, 0.25) is 11.8 Å². The predicted octanol–water partition coefficient (Wildman–Crippen LogP) is 5.52. The zero-order valence-corrected chi connectivity index (χ0v) is 17.4. The molecule has 0 aliphatic carbocycles. The van der Waals surface area contributed by atoms with Crippen molar-refractivity contribution in [1.29, 1.82) is 0 Å². The quantitative estimate of drug-likeness (QED) is 0.470. The molecule has 3 aromatic carbocycles. The van der Waals surface area contributed by atoms with Crippen molar-refractivity contribution in [2.75, 3.05) is 10.6 Å². The SMILES string of the molecule is CCC(Sc1cccc(NC(=O)Cc2ccccc2)c1)C(=O)Nc1ccccc1F. The highest BCUT2D eigenvalue weighted by molar-refractivity contribution is 8.00. The number of carbonyl (C=O) groups excluding carboxylic acids is 2. The number of hydrogen-bond donors (Lipinski definition) is 2. The van der Waals surface area contributed by atoms with Gasteiger partial charge in [-0.3, -0.25) is 9.59 Å². The fourth-order valence-corrected chi connectivity index (χ4v) is 3.91. The number of para-hydroxylation sites is 1. The van der Waals surface area contributed by atoms with Crippen molar-refractivity contribution in [1.82, 2.24) is 0 Å². The van der Waals surface area contributed by atoms with Gasteiger partial charge in [-0.25, -0.2) is 4.39 Å². The zero-order chi connectivity index (χ0) is 21.3. The second-order valence-electron chi connectivity index (χ2n) is 6.72. The summed E-state index contributed by atoms with van der Waals surface area (Å²) in [6.45, 7) is 1.91. The van der Waals surface area contributed by atoms with Crippen molar-refractivity contribution < 1.29 is 14.0 Å². The van der Waals surface area contributed by atoms with E-state index in [4.69, 9.17) is 0 Å². The lowest BCUT2D eigenvalue weighted by molar-refractivity contribution is -0.116. The monoisotopic (exact) mass is 422 g/mol. The van der Waals surface area contributed by atoms with Crippen LogP contribution in [0.5, 0.6) is 0 Å². The van der Waals surface area contributed by atoms with Gasteiger partial charge < -0.3 is 10.6 Å². The number of nitrogens with one attached hydrogen (secondary N) is 2. The van der Waals surface area contributed by atoms with E-state index in [1.54, 1.807) is 12.1 Å². The van der Waals surface area contributed by atoms with Crippen LogP contribution in [-0.4, -0.2) is 17.1 Å². The molecule has 1 unspecified atom stereocenters. The molecule has 0 bridgehead atoms. The first-order chi connectivity index (χ1) is 14.5. The van der Waals surface area contributed by atoms with Crippen molar-refractivity contribution in [3.05, 3.63) is 90.2 Å². The Morgan fingerprint density at radius 2 is 1.67 bits per heavy atom.